The number of amides is 1. The van der Waals surface area contributed by atoms with E-state index < -0.39 is 0 Å². The van der Waals surface area contributed by atoms with Gasteiger partial charge in [-0.25, -0.2) is 0 Å². The highest BCUT2D eigenvalue weighted by Crippen LogP contribution is 2.21. The molecule has 0 aliphatic heterocycles. The standard InChI is InChI=1S/C13H12BrNOS2/c1-15(7-12-6-10(14)8-18-12)13(16)9-3-2-4-11(17)5-9/h2-6,8,17H,7H2,1H3. The highest BCUT2D eigenvalue weighted by atomic mass is 79.9. The molecule has 2 nitrogen and oxygen atoms in total. The van der Waals surface area contributed by atoms with Gasteiger partial charge in [0.2, 0.25) is 0 Å². The summed E-state index contributed by atoms with van der Waals surface area (Å²) < 4.78 is 1.06. The molecular weight excluding hydrogens is 330 g/mol. The molecule has 0 aliphatic rings. The largest absolute Gasteiger partial charge is 0.337 e. The zero-order valence-electron chi connectivity index (χ0n) is 9.76. The molecule has 1 aromatic heterocycles. The first-order valence-electron chi connectivity index (χ1n) is 5.33. The van der Waals surface area contributed by atoms with E-state index in [1.165, 1.54) is 0 Å². The van der Waals surface area contributed by atoms with E-state index in [0.717, 1.165) is 14.2 Å². The number of thiophene rings is 1. The number of hydrogen-bond acceptors (Lipinski definition) is 3. The second-order valence-corrected chi connectivity index (χ2v) is 6.37. The van der Waals surface area contributed by atoms with Gasteiger partial charge in [0.05, 0.1) is 6.54 Å². The van der Waals surface area contributed by atoms with E-state index in [9.17, 15) is 4.79 Å². The first kappa shape index (κ1) is 13.6. The molecule has 2 aromatic rings. The third-order valence-corrected chi connectivity index (χ3v) is 4.42. The Labute approximate surface area is 124 Å². The molecule has 94 valence electrons. The lowest BCUT2D eigenvalue weighted by Crippen LogP contribution is -2.25. The van der Waals surface area contributed by atoms with Gasteiger partial charge >= 0.3 is 0 Å². The summed E-state index contributed by atoms with van der Waals surface area (Å²) in [6, 6.07) is 9.32. The minimum absolute atomic E-state index is 0.00965. The molecule has 0 saturated heterocycles. The van der Waals surface area contributed by atoms with Crippen molar-refractivity contribution < 1.29 is 4.79 Å². The van der Waals surface area contributed by atoms with E-state index in [4.69, 9.17) is 0 Å². The Bertz CT molecular complexity index is 568. The van der Waals surface area contributed by atoms with Gasteiger partial charge < -0.3 is 4.90 Å². The van der Waals surface area contributed by atoms with E-state index in [1.807, 2.05) is 29.6 Å². The topological polar surface area (TPSA) is 20.3 Å². The number of halogens is 1. The predicted molar refractivity (Wildman–Crippen MR) is 81.5 cm³/mol. The second-order valence-electron chi connectivity index (χ2n) is 3.94. The van der Waals surface area contributed by atoms with Crippen molar-refractivity contribution in [2.75, 3.05) is 7.05 Å². The normalized spacial score (nSPS) is 10.4. The molecule has 1 heterocycles. The quantitative estimate of drug-likeness (QED) is 0.834. The third kappa shape index (κ3) is 3.37. The second kappa shape index (κ2) is 5.91. The fourth-order valence-corrected chi connectivity index (χ4v) is 3.33. The Hall–Kier alpha value is -0.780. The molecule has 1 aromatic carbocycles. The summed E-state index contributed by atoms with van der Waals surface area (Å²) in [4.78, 5) is 15.9. The van der Waals surface area contributed by atoms with Gasteiger partial charge in [-0.2, -0.15) is 0 Å². The van der Waals surface area contributed by atoms with Crippen LogP contribution in [-0.4, -0.2) is 17.9 Å². The van der Waals surface area contributed by atoms with Crippen LogP contribution in [-0.2, 0) is 6.54 Å². The smallest absolute Gasteiger partial charge is 0.253 e. The Kier molecular flexibility index (Phi) is 4.48. The molecule has 0 radical (unpaired) electrons. The lowest BCUT2D eigenvalue weighted by atomic mass is 10.2. The summed E-state index contributed by atoms with van der Waals surface area (Å²) >= 11 is 9.29. The van der Waals surface area contributed by atoms with Gasteiger partial charge in [0.25, 0.3) is 5.91 Å². The zero-order chi connectivity index (χ0) is 13.1. The van der Waals surface area contributed by atoms with Crippen molar-refractivity contribution in [3.63, 3.8) is 0 Å². The third-order valence-electron chi connectivity index (χ3n) is 2.45. The molecule has 0 spiro atoms. The molecule has 1 amide bonds. The lowest BCUT2D eigenvalue weighted by molar-refractivity contribution is 0.0786. The van der Waals surface area contributed by atoms with Crippen molar-refractivity contribution in [3.05, 3.63) is 50.6 Å². The average molecular weight is 342 g/mol. The van der Waals surface area contributed by atoms with E-state index in [-0.39, 0.29) is 5.91 Å². The Morgan fingerprint density at radius 1 is 1.44 bits per heavy atom. The SMILES string of the molecule is CN(Cc1cc(Br)cs1)C(=O)c1cccc(S)c1. The maximum absolute atomic E-state index is 12.2. The number of benzene rings is 1. The number of rotatable bonds is 3. The van der Waals surface area contributed by atoms with Gasteiger partial charge in [0.1, 0.15) is 0 Å². The van der Waals surface area contributed by atoms with Crippen LogP contribution >= 0.6 is 39.9 Å². The fraction of sp³-hybridized carbons (Fsp3) is 0.154. The molecule has 5 heteroatoms. The fourth-order valence-electron chi connectivity index (χ4n) is 1.60. The Balaban J connectivity index is 2.09. The lowest BCUT2D eigenvalue weighted by Gasteiger charge is -2.16. The van der Waals surface area contributed by atoms with Gasteiger partial charge in [0, 0.05) is 32.2 Å². The van der Waals surface area contributed by atoms with Gasteiger partial charge in [-0.05, 0) is 40.2 Å². The maximum Gasteiger partial charge on any atom is 0.253 e. The van der Waals surface area contributed by atoms with E-state index >= 15 is 0 Å². The van der Waals surface area contributed by atoms with Crippen molar-refractivity contribution in [2.45, 2.75) is 11.4 Å². The Morgan fingerprint density at radius 3 is 2.83 bits per heavy atom. The molecule has 0 saturated carbocycles. The van der Waals surface area contributed by atoms with Crippen LogP contribution in [0, 0.1) is 0 Å². The summed E-state index contributed by atoms with van der Waals surface area (Å²) in [6.07, 6.45) is 0. The monoisotopic (exact) mass is 341 g/mol. The highest BCUT2D eigenvalue weighted by molar-refractivity contribution is 9.10. The van der Waals surface area contributed by atoms with Crippen molar-refractivity contribution >= 4 is 45.8 Å². The van der Waals surface area contributed by atoms with Gasteiger partial charge in [-0.3, -0.25) is 4.79 Å². The number of carbonyl (C=O) groups excluding carboxylic acids is 1. The van der Waals surface area contributed by atoms with Crippen LogP contribution in [0.4, 0.5) is 0 Å². The summed E-state index contributed by atoms with van der Waals surface area (Å²) in [5, 5.41) is 2.02. The molecule has 0 aliphatic carbocycles. The van der Waals surface area contributed by atoms with Crippen molar-refractivity contribution in [3.8, 4) is 0 Å². The number of nitrogens with zero attached hydrogens (tertiary/aromatic N) is 1. The van der Waals surface area contributed by atoms with Crippen LogP contribution in [0.25, 0.3) is 0 Å². The van der Waals surface area contributed by atoms with Crippen molar-refractivity contribution in [1.82, 2.24) is 4.90 Å². The minimum atomic E-state index is 0.00965. The molecule has 2 rings (SSSR count). The molecule has 0 bridgehead atoms. The summed E-state index contributed by atoms with van der Waals surface area (Å²) in [5.74, 6) is 0.00965. The average Bonchev–Trinajstić information content (AvgIpc) is 2.73. The zero-order valence-corrected chi connectivity index (χ0v) is 13.1. The van der Waals surface area contributed by atoms with Crippen LogP contribution in [0.5, 0.6) is 0 Å². The summed E-state index contributed by atoms with van der Waals surface area (Å²) in [7, 11) is 1.81. The van der Waals surface area contributed by atoms with Crippen LogP contribution in [0.3, 0.4) is 0 Å². The molecule has 0 atom stereocenters. The van der Waals surface area contributed by atoms with Gasteiger partial charge in [0.15, 0.2) is 0 Å². The van der Waals surface area contributed by atoms with Crippen LogP contribution in [0.15, 0.2) is 45.1 Å². The van der Waals surface area contributed by atoms with Crippen molar-refractivity contribution in [2.24, 2.45) is 0 Å². The van der Waals surface area contributed by atoms with Gasteiger partial charge in [-0.1, -0.05) is 6.07 Å². The Morgan fingerprint density at radius 2 is 2.22 bits per heavy atom. The van der Waals surface area contributed by atoms with E-state index in [0.29, 0.717) is 12.1 Å². The molecule has 0 fully saturated rings. The van der Waals surface area contributed by atoms with E-state index in [2.05, 4.69) is 28.6 Å². The highest BCUT2D eigenvalue weighted by Gasteiger charge is 2.12. The van der Waals surface area contributed by atoms with Gasteiger partial charge in [-0.15, -0.1) is 24.0 Å². The molecule has 18 heavy (non-hydrogen) atoms. The number of hydrogen-bond donors (Lipinski definition) is 1. The molecule has 0 N–H and O–H groups in total. The number of thiol groups is 1. The molecular formula is C13H12BrNOS2. The summed E-state index contributed by atoms with van der Waals surface area (Å²) in [5.41, 5.74) is 0.667. The van der Waals surface area contributed by atoms with Crippen LogP contribution in [0.2, 0.25) is 0 Å². The van der Waals surface area contributed by atoms with E-state index in [1.54, 1.807) is 29.4 Å². The maximum atomic E-state index is 12.2. The first-order valence-corrected chi connectivity index (χ1v) is 7.45. The number of carbonyl (C=O) groups is 1. The van der Waals surface area contributed by atoms with Crippen LogP contribution < -0.4 is 0 Å². The first-order chi connectivity index (χ1) is 8.56. The van der Waals surface area contributed by atoms with Crippen LogP contribution in [0.1, 0.15) is 15.2 Å². The van der Waals surface area contributed by atoms with Crippen molar-refractivity contribution in [1.29, 1.82) is 0 Å². The summed E-state index contributed by atoms with van der Waals surface area (Å²) in [6.45, 7) is 0.617. The molecule has 0 unspecified atom stereocenters. The predicted octanol–water partition coefficient (Wildman–Crippen LogP) is 4.07. The minimum Gasteiger partial charge on any atom is -0.337 e.